The SMILES string of the molecule is CC1CN(C(=O)Nc2cccnn2)CC/C1=C\c1cccc(Oc2ccc(Cl)cn2)c1. The number of urea groups is 1. The van der Waals surface area contributed by atoms with E-state index >= 15 is 0 Å². The number of halogens is 1. The maximum Gasteiger partial charge on any atom is 0.323 e. The summed E-state index contributed by atoms with van der Waals surface area (Å²) in [5.41, 5.74) is 2.34. The molecule has 4 rings (SSSR count). The van der Waals surface area contributed by atoms with E-state index in [4.69, 9.17) is 16.3 Å². The van der Waals surface area contributed by atoms with Crippen molar-refractivity contribution >= 4 is 29.5 Å². The van der Waals surface area contributed by atoms with Crippen LogP contribution in [0.25, 0.3) is 6.08 Å². The van der Waals surface area contributed by atoms with Crippen LogP contribution in [0, 0.1) is 5.92 Å². The second-order valence-corrected chi connectivity index (χ2v) is 7.78. The Labute approximate surface area is 185 Å². The summed E-state index contributed by atoms with van der Waals surface area (Å²) in [6.07, 6.45) is 6.10. The summed E-state index contributed by atoms with van der Waals surface area (Å²) in [6.45, 7) is 3.42. The molecule has 1 saturated heterocycles. The summed E-state index contributed by atoms with van der Waals surface area (Å²) in [5.74, 6) is 1.89. The molecule has 1 N–H and O–H groups in total. The summed E-state index contributed by atoms with van der Waals surface area (Å²) in [5, 5.41) is 11.0. The molecule has 1 unspecified atom stereocenters. The highest BCUT2D eigenvalue weighted by molar-refractivity contribution is 6.30. The monoisotopic (exact) mass is 435 g/mol. The molecular formula is C23H22ClN5O2. The highest BCUT2D eigenvalue weighted by atomic mass is 35.5. The molecule has 31 heavy (non-hydrogen) atoms. The average molecular weight is 436 g/mol. The Morgan fingerprint density at radius 3 is 2.90 bits per heavy atom. The van der Waals surface area contributed by atoms with E-state index in [1.165, 1.54) is 5.57 Å². The molecule has 1 aliphatic rings. The first kappa shape index (κ1) is 20.8. The van der Waals surface area contributed by atoms with Crippen molar-refractivity contribution in [1.82, 2.24) is 20.1 Å². The van der Waals surface area contributed by atoms with Crippen LogP contribution in [0.1, 0.15) is 18.9 Å². The topological polar surface area (TPSA) is 80.2 Å². The minimum atomic E-state index is -0.155. The van der Waals surface area contributed by atoms with E-state index in [0.29, 0.717) is 35.6 Å². The lowest BCUT2D eigenvalue weighted by molar-refractivity contribution is 0.197. The Morgan fingerprint density at radius 1 is 1.26 bits per heavy atom. The lowest BCUT2D eigenvalue weighted by Crippen LogP contribution is -2.42. The molecule has 1 aliphatic heterocycles. The number of anilines is 1. The molecule has 0 saturated carbocycles. The van der Waals surface area contributed by atoms with Gasteiger partial charge in [-0.1, -0.05) is 42.3 Å². The molecule has 2 aromatic heterocycles. The third-order valence-electron chi connectivity index (χ3n) is 5.02. The van der Waals surface area contributed by atoms with Gasteiger partial charge in [-0.25, -0.2) is 9.78 Å². The van der Waals surface area contributed by atoms with E-state index in [1.807, 2.05) is 29.2 Å². The number of ether oxygens (including phenoxy) is 1. The van der Waals surface area contributed by atoms with Crippen molar-refractivity contribution in [1.29, 1.82) is 0 Å². The van der Waals surface area contributed by atoms with Crippen LogP contribution in [0.5, 0.6) is 11.6 Å². The maximum atomic E-state index is 12.5. The third-order valence-corrected chi connectivity index (χ3v) is 5.25. The van der Waals surface area contributed by atoms with Gasteiger partial charge in [0.1, 0.15) is 5.75 Å². The van der Waals surface area contributed by atoms with Crippen LogP contribution in [0.2, 0.25) is 5.02 Å². The highest BCUT2D eigenvalue weighted by Gasteiger charge is 2.24. The second-order valence-electron chi connectivity index (χ2n) is 7.34. The molecule has 1 atom stereocenters. The van der Waals surface area contributed by atoms with Gasteiger partial charge in [-0.05, 0) is 48.2 Å². The van der Waals surface area contributed by atoms with Crippen LogP contribution in [0.15, 0.2) is 66.5 Å². The lowest BCUT2D eigenvalue weighted by atomic mass is 9.91. The Hall–Kier alpha value is -3.45. The van der Waals surface area contributed by atoms with Crippen LogP contribution in [-0.4, -0.2) is 39.2 Å². The van der Waals surface area contributed by atoms with Crippen LogP contribution >= 0.6 is 11.6 Å². The maximum absolute atomic E-state index is 12.5. The van der Waals surface area contributed by atoms with Crippen molar-refractivity contribution in [2.75, 3.05) is 18.4 Å². The number of hydrogen-bond acceptors (Lipinski definition) is 5. The van der Waals surface area contributed by atoms with Crippen molar-refractivity contribution in [2.45, 2.75) is 13.3 Å². The van der Waals surface area contributed by atoms with E-state index in [1.54, 1.807) is 36.7 Å². The van der Waals surface area contributed by atoms with Gasteiger partial charge in [0.05, 0.1) is 5.02 Å². The summed E-state index contributed by atoms with van der Waals surface area (Å²) in [7, 11) is 0. The number of nitrogens with one attached hydrogen (secondary N) is 1. The average Bonchev–Trinajstić information content (AvgIpc) is 2.78. The van der Waals surface area contributed by atoms with Gasteiger partial charge in [0.15, 0.2) is 5.82 Å². The number of benzene rings is 1. The van der Waals surface area contributed by atoms with Gasteiger partial charge >= 0.3 is 6.03 Å². The normalized spacial score (nSPS) is 17.4. The van der Waals surface area contributed by atoms with Crippen molar-refractivity contribution in [3.8, 4) is 11.6 Å². The van der Waals surface area contributed by atoms with Crippen LogP contribution in [-0.2, 0) is 0 Å². The molecule has 7 nitrogen and oxygen atoms in total. The fourth-order valence-electron chi connectivity index (χ4n) is 3.43. The van der Waals surface area contributed by atoms with Crippen molar-refractivity contribution in [3.63, 3.8) is 0 Å². The number of hydrogen-bond donors (Lipinski definition) is 1. The zero-order chi connectivity index (χ0) is 21.6. The molecule has 0 radical (unpaired) electrons. The van der Waals surface area contributed by atoms with Gasteiger partial charge in [-0.15, -0.1) is 5.10 Å². The first-order valence-corrected chi connectivity index (χ1v) is 10.4. The quantitative estimate of drug-likeness (QED) is 0.603. The van der Waals surface area contributed by atoms with Gasteiger partial charge in [0.2, 0.25) is 5.88 Å². The van der Waals surface area contributed by atoms with Crippen LogP contribution in [0.4, 0.5) is 10.6 Å². The molecule has 2 amide bonds. The fraction of sp³-hybridized carbons (Fsp3) is 0.217. The molecule has 3 heterocycles. The molecule has 158 valence electrons. The summed E-state index contributed by atoms with van der Waals surface area (Å²) in [4.78, 5) is 18.5. The zero-order valence-corrected chi connectivity index (χ0v) is 17.8. The Bertz CT molecular complexity index is 1070. The predicted molar refractivity (Wildman–Crippen MR) is 120 cm³/mol. The first-order chi connectivity index (χ1) is 15.1. The first-order valence-electron chi connectivity index (χ1n) is 10.0. The third kappa shape index (κ3) is 5.58. The van der Waals surface area contributed by atoms with E-state index in [9.17, 15) is 4.79 Å². The Kier molecular flexibility index (Phi) is 6.43. The lowest BCUT2D eigenvalue weighted by Gasteiger charge is -2.33. The van der Waals surface area contributed by atoms with Gasteiger partial charge < -0.3 is 9.64 Å². The smallest absolute Gasteiger partial charge is 0.323 e. The van der Waals surface area contributed by atoms with Gasteiger partial charge in [0, 0.05) is 31.5 Å². The molecule has 1 aromatic carbocycles. The highest BCUT2D eigenvalue weighted by Crippen LogP contribution is 2.27. The molecule has 3 aromatic rings. The minimum absolute atomic E-state index is 0.155. The zero-order valence-electron chi connectivity index (χ0n) is 17.0. The molecular weight excluding hydrogens is 414 g/mol. The number of nitrogens with zero attached hydrogens (tertiary/aromatic N) is 4. The summed E-state index contributed by atoms with van der Waals surface area (Å²) < 4.78 is 5.82. The number of pyridine rings is 1. The number of aromatic nitrogens is 3. The van der Waals surface area contributed by atoms with Crippen LogP contribution in [0.3, 0.4) is 0 Å². The fourth-order valence-corrected chi connectivity index (χ4v) is 3.54. The summed E-state index contributed by atoms with van der Waals surface area (Å²) >= 11 is 5.87. The van der Waals surface area contributed by atoms with E-state index in [-0.39, 0.29) is 11.9 Å². The van der Waals surface area contributed by atoms with E-state index in [2.05, 4.69) is 33.5 Å². The standard InChI is InChI=1S/C23H22ClN5O2/c1-16-15-29(23(30)27-21-6-3-10-26-28-21)11-9-18(16)12-17-4-2-5-20(13-17)31-22-8-7-19(24)14-25-22/h2-8,10,12-14,16H,9,11,15H2,1H3,(H,27,28,30)/b18-12+. The van der Waals surface area contributed by atoms with Crippen LogP contribution < -0.4 is 10.1 Å². The van der Waals surface area contributed by atoms with E-state index < -0.39 is 0 Å². The van der Waals surface area contributed by atoms with Crippen molar-refractivity contribution in [2.24, 2.45) is 5.92 Å². The number of rotatable bonds is 4. The second kappa shape index (κ2) is 9.57. The molecule has 8 heteroatoms. The van der Waals surface area contributed by atoms with Gasteiger partial charge in [-0.2, -0.15) is 5.10 Å². The summed E-state index contributed by atoms with van der Waals surface area (Å²) in [6, 6.07) is 14.6. The minimum Gasteiger partial charge on any atom is -0.439 e. The number of piperidine rings is 1. The molecule has 0 spiro atoms. The largest absolute Gasteiger partial charge is 0.439 e. The molecule has 0 aliphatic carbocycles. The van der Waals surface area contributed by atoms with E-state index in [0.717, 1.165) is 12.0 Å². The van der Waals surface area contributed by atoms with Crippen molar-refractivity contribution < 1.29 is 9.53 Å². The number of carbonyl (C=O) groups is 1. The predicted octanol–water partition coefficient (Wildman–Crippen LogP) is 5.27. The number of amides is 2. The Morgan fingerprint density at radius 2 is 2.16 bits per heavy atom. The number of carbonyl (C=O) groups excluding carboxylic acids is 1. The van der Waals surface area contributed by atoms with Gasteiger partial charge in [-0.3, -0.25) is 5.32 Å². The van der Waals surface area contributed by atoms with Gasteiger partial charge in [0.25, 0.3) is 0 Å². The van der Waals surface area contributed by atoms with Crippen molar-refractivity contribution in [3.05, 3.63) is 77.1 Å². The molecule has 0 bridgehead atoms. The molecule has 1 fully saturated rings. The number of likely N-dealkylation sites (tertiary alicyclic amines) is 1. The Balaban J connectivity index is 1.39.